The largest absolute Gasteiger partial charge is 0.507 e. The van der Waals surface area contributed by atoms with Gasteiger partial charge in [0.05, 0.1) is 18.8 Å². The predicted octanol–water partition coefficient (Wildman–Crippen LogP) is 4.63. The molecule has 0 spiro atoms. The van der Waals surface area contributed by atoms with Crippen LogP contribution in [0.3, 0.4) is 0 Å². The third-order valence-electron chi connectivity index (χ3n) is 5.34. The van der Waals surface area contributed by atoms with Crippen molar-refractivity contribution in [2.45, 2.75) is 57.5 Å². The summed E-state index contributed by atoms with van der Waals surface area (Å²) in [4.78, 5) is 12.9. The van der Waals surface area contributed by atoms with E-state index in [4.69, 9.17) is 18.9 Å². The number of benzene rings is 2. The van der Waals surface area contributed by atoms with Crippen LogP contribution in [-0.4, -0.2) is 36.7 Å². The highest BCUT2D eigenvalue weighted by Gasteiger charge is 2.19. The first kappa shape index (κ1) is 20.7. The molecule has 2 heterocycles. The Morgan fingerprint density at radius 1 is 0.900 bits per heavy atom. The molecular weight excluding hydrogens is 384 g/mol. The Bertz CT molecular complexity index is 853. The summed E-state index contributed by atoms with van der Waals surface area (Å²) in [5.74, 6) is 0.964. The summed E-state index contributed by atoms with van der Waals surface area (Å²) < 4.78 is 22.9. The summed E-state index contributed by atoms with van der Waals surface area (Å²) in [6.07, 6.45) is 5.55. The Morgan fingerprint density at radius 2 is 1.57 bits per heavy atom. The van der Waals surface area contributed by atoms with Gasteiger partial charge in [0.25, 0.3) is 0 Å². The molecule has 2 aromatic rings. The van der Waals surface area contributed by atoms with Crippen LogP contribution in [0, 0.1) is 0 Å². The molecule has 0 saturated carbocycles. The number of Topliss-reactive ketones (excluding diaryl/α,β-unsaturated/α-hetero) is 1. The fourth-order valence-corrected chi connectivity index (χ4v) is 3.73. The van der Waals surface area contributed by atoms with Gasteiger partial charge in [-0.2, -0.15) is 0 Å². The second-order valence-electron chi connectivity index (χ2n) is 7.75. The number of phenols is 1. The molecule has 2 aromatic carbocycles. The molecule has 2 saturated heterocycles. The van der Waals surface area contributed by atoms with Crippen LogP contribution >= 0.6 is 0 Å². The SMILES string of the molecule is O=C(Cc1cccc(O[C@@H]2CCCCO2)c1)c1cc(O[C@@H]2CCCCO2)ccc1O. The smallest absolute Gasteiger partial charge is 0.199 e. The number of carbonyl (C=O) groups is 1. The van der Waals surface area contributed by atoms with E-state index in [1.165, 1.54) is 6.07 Å². The second kappa shape index (κ2) is 9.96. The van der Waals surface area contributed by atoms with Crippen molar-refractivity contribution in [2.24, 2.45) is 0 Å². The molecule has 0 radical (unpaired) electrons. The Balaban J connectivity index is 1.41. The van der Waals surface area contributed by atoms with Crippen LogP contribution in [0.25, 0.3) is 0 Å². The van der Waals surface area contributed by atoms with Gasteiger partial charge in [-0.1, -0.05) is 12.1 Å². The fourth-order valence-electron chi connectivity index (χ4n) is 3.73. The lowest BCUT2D eigenvalue weighted by Gasteiger charge is -2.24. The molecule has 2 fully saturated rings. The molecule has 6 heteroatoms. The number of carbonyl (C=O) groups excluding carboxylic acids is 1. The number of rotatable bonds is 7. The van der Waals surface area contributed by atoms with Gasteiger partial charge in [0.1, 0.15) is 17.2 Å². The van der Waals surface area contributed by atoms with Crippen molar-refractivity contribution in [2.75, 3.05) is 13.2 Å². The lowest BCUT2D eigenvalue weighted by atomic mass is 10.0. The van der Waals surface area contributed by atoms with Crippen molar-refractivity contribution in [3.05, 3.63) is 53.6 Å². The number of ether oxygens (including phenoxy) is 4. The van der Waals surface area contributed by atoms with Crippen molar-refractivity contribution >= 4 is 5.78 Å². The number of hydrogen-bond acceptors (Lipinski definition) is 6. The molecule has 0 amide bonds. The van der Waals surface area contributed by atoms with E-state index in [-0.39, 0.29) is 36.1 Å². The zero-order valence-electron chi connectivity index (χ0n) is 17.0. The van der Waals surface area contributed by atoms with E-state index in [0.29, 0.717) is 24.7 Å². The van der Waals surface area contributed by atoms with Gasteiger partial charge in [-0.25, -0.2) is 0 Å². The van der Waals surface area contributed by atoms with Gasteiger partial charge in [0.2, 0.25) is 0 Å². The summed E-state index contributed by atoms with van der Waals surface area (Å²) in [6, 6.07) is 12.2. The highest BCUT2D eigenvalue weighted by Crippen LogP contribution is 2.27. The van der Waals surface area contributed by atoms with E-state index in [1.807, 2.05) is 24.3 Å². The van der Waals surface area contributed by atoms with E-state index >= 15 is 0 Å². The van der Waals surface area contributed by atoms with Crippen LogP contribution in [-0.2, 0) is 15.9 Å². The van der Waals surface area contributed by atoms with Gasteiger partial charge in [0, 0.05) is 19.3 Å². The molecule has 4 rings (SSSR count). The second-order valence-corrected chi connectivity index (χ2v) is 7.75. The topological polar surface area (TPSA) is 74.2 Å². The van der Waals surface area contributed by atoms with Crippen LogP contribution in [0.15, 0.2) is 42.5 Å². The molecule has 160 valence electrons. The maximum absolute atomic E-state index is 12.9. The predicted molar refractivity (Wildman–Crippen MR) is 111 cm³/mol. The lowest BCUT2D eigenvalue weighted by molar-refractivity contribution is -0.106. The maximum Gasteiger partial charge on any atom is 0.199 e. The molecular formula is C24H28O6. The summed E-state index contributed by atoms with van der Waals surface area (Å²) in [7, 11) is 0. The summed E-state index contributed by atoms with van der Waals surface area (Å²) >= 11 is 0. The van der Waals surface area contributed by atoms with Gasteiger partial charge in [-0.15, -0.1) is 0 Å². The van der Waals surface area contributed by atoms with Crippen LogP contribution in [0.1, 0.15) is 54.4 Å². The van der Waals surface area contributed by atoms with Gasteiger partial charge in [-0.3, -0.25) is 4.79 Å². The zero-order valence-corrected chi connectivity index (χ0v) is 17.0. The lowest BCUT2D eigenvalue weighted by Crippen LogP contribution is -2.25. The number of hydrogen-bond donors (Lipinski definition) is 1. The Morgan fingerprint density at radius 3 is 2.20 bits per heavy atom. The Hall–Kier alpha value is -2.57. The summed E-state index contributed by atoms with van der Waals surface area (Å²) in [6.45, 7) is 1.39. The molecule has 2 atom stereocenters. The molecule has 2 aliphatic heterocycles. The highest BCUT2D eigenvalue weighted by molar-refractivity contribution is 6.00. The minimum absolute atomic E-state index is 0.0556. The third kappa shape index (κ3) is 5.52. The van der Waals surface area contributed by atoms with Gasteiger partial charge in [0.15, 0.2) is 18.4 Å². The first-order chi connectivity index (χ1) is 14.7. The molecule has 2 aliphatic rings. The number of ketones is 1. The fraction of sp³-hybridized carbons (Fsp3) is 0.458. The Labute approximate surface area is 176 Å². The summed E-state index contributed by atoms with van der Waals surface area (Å²) in [5.41, 5.74) is 1.06. The van der Waals surface area contributed by atoms with Crippen LogP contribution < -0.4 is 9.47 Å². The van der Waals surface area contributed by atoms with Crippen molar-refractivity contribution in [1.82, 2.24) is 0 Å². The monoisotopic (exact) mass is 412 g/mol. The van der Waals surface area contributed by atoms with Crippen molar-refractivity contribution in [3.8, 4) is 17.2 Å². The number of aromatic hydroxyl groups is 1. The van der Waals surface area contributed by atoms with Gasteiger partial charge >= 0.3 is 0 Å². The molecule has 0 aromatic heterocycles. The quantitative estimate of drug-likeness (QED) is 0.669. The molecule has 0 bridgehead atoms. The van der Waals surface area contributed by atoms with Crippen molar-refractivity contribution < 1.29 is 28.8 Å². The third-order valence-corrected chi connectivity index (χ3v) is 5.34. The number of phenolic OH excluding ortho intramolecular Hbond substituents is 1. The van der Waals surface area contributed by atoms with E-state index in [2.05, 4.69) is 0 Å². The minimum Gasteiger partial charge on any atom is -0.507 e. The maximum atomic E-state index is 12.9. The molecule has 1 N–H and O–H groups in total. The average Bonchev–Trinajstić information content (AvgIpc) is 2.77. The summed E-state index contributed by atoms with van der Waals surface area (Å²) in [5, 5.41) is 10.2. The van der Waals surface area contributed by atoms with Crippen LogP contribution in [0.2, 0.25) is 0 Å². The van der Waals surface area contributed by atoms with Crippen molar-refractivity contribution in [3.63, 3.8) is 0 Å². The van der Waals surface area contributed by atoms with E-state index in [1.54, 1.807) is 12.1 Å². The average molecular weight is 412 g/mol. The molecule has 0 unspecified atom stereocenters. The standard InChI is InChI=1S/C24H28O6/c25-21-11-10-19(30-24-9-2-4-13-28-24)16-20(21)22(26)15-17-6-5-7-18(14-17)29-23-8-1-3-12-27-23/h5-7,10-11,14,16,23-25H,1-4,8-9,12-13,15H2/t23-,24-/m1/s1. The van der Waals surface area contributed by atoms with Crippen LogP contribution in [0.4, 0.5) is 0 Å². The minimum atomic E-state index is -0.304. The zero-order chi connectivity index (χ0) is 20.8. The van der Waals surface area contributed by atoms with Gasteiger partial charge in [-0.05, 0) is 61.6 Å². The first-order valence-corrected chi connectivity index (χ1v) is 10.7. The van der Waals surface area contributed by atoms with E-state index < -0.39 is 0 Å². The normalized spacial score (nSPS) is 21.7. The van der Waals surface area contributed by atoms with E-state index in [9.17, 15) is 9.90 Å². The Kier molecular flexibility index (Phi) is 6.87. The van der Waals surface area contributed by atoms with E-state index in [0.717, 1.165) is 44.1 Å². The molecule has 0 aliphatic carbocycles. The highest BCUT2D eigenvalue weighted by atomic mass is 16.7. The van der Waals surface area contributed by atoms with Crippen molar-refractivity contribution in [1.29, 1.82) is 0 Å². The van der Waals surface area contributed by atoms with Gasteiger partial charge < -0.3 is 24.1 Å². The van der Waals surface area contributed by atoms with Crippen LogP contribution in [0.5, 0.6) is 17.2 Å². The molecule has 6 nitrogen and oxygen atoms in total. The first-order valence-electron chi connectivity index (χ1n) is 10.7. The molecule has 30 heavy (non-hydrogen) atoms.